The van der Waals surface area contributed by atoms with Gasteiger partial charge in [-0.25, -0.2) is 0 Å². The van der Waals surface area contributed by atoms with E-state index < -0.39 is 33.2 Å². The van der Waals surface area contributed by atoms with Gasteiger partial charge in [0.05, 0.1) is 60.4 Å². The van der Waals surface area contributed by atoms with E-state index in [9.17, 15) is 15.6 Å². The van der Waals surface area contributed by atoms with Gasteiger partial charge in [0, 0.05) is 88.4 Å². The summed E-state index contributed by atoms with van der Waals surface area (Å²) in [5.74, 6) is 0. The number of piperidine rings is 3. The second-order valence-corrected chi connectivity index (χ2v) is 22.9. The Balaban J connectivity index is 1.71. The highest BCUT2D eigenvalue weighted by Gasteiger charge is 2.53. The maximum atomic E-state index is 13.3. The van der Waals surface area contributed by atoms with Crippen molar-refractivity contribution in [2.75, 3.05) is 42.3 Å². The highest BCUT2D eigenvalue weighted by atomic mass is 16.5. The lowest BCUT2D eigenvalue weighted by Crippen LogP contribution is -2.65. The summed E-state index contributed by atoms with van der Waals surface area (Å²) in [6.45, 7) is 27.9. The molecule has 0 bridgehead atoms. The Hall–Kier alpha value is -1.14. The van der Waals surface area contributed by atoms with Gasteiger partial charge >= 0.3 is 0 Å². The van der Waals surface area contributed by atoms with Crippen LogP contribution in [0.2, 0.25) is 0 Å². The van der Waals surface area contributed by atoms with E-state index in [0.717, 1.165) is 71.6 Å². The molecule has 3 fully saturated rings. The third-order valence-electron chi connectivity index (χ3n) is 13.6. The van der Waals surface area contributed by atoms with Crippen LogP contribution >= 0.6 is 0 Å². The van der Waals surface area contributed by atoms with Crippen LogP contribution in [0.1, 0.15) is 138 Å². The molecule has 291 valence electrons. The summed E-state index contributed by atoms with van der Waals surface area (Å²) >= 11 is 0. The summed E-state index contributed by atoms with van der Waals surface area (Å²) < 4.78 is 2.48. The molecule has 3 saturated heterocycles. The first-order valence-electron chi connectivity index (χ1n) is 19.7. The van der Waals surface area contributed by atoms with Crippen molar-refractivity contribution in [1.29, 1.82) is 0 Å². The first kappa shape index (κ1) is 42.6. The third-order valence-corrected chi connectivity index (χ3v) is 13.6. The monoisotopic (exact) mass is 715 g/mol. The normalized spacial score (nSPS) is 26.8. The lowest BCUT2D eigenvalue weighted by molar-refractivity contribution is -0.932. The van der Waals surface area contributed by atoms with Crippen molar-refractivity contribution >= 4 is 0 Å². The second-order valence-electron chi connectivity index (χ2n) is 22.9. The Morgan fingerprint density at radius 1 is 0.412 bits per heavy atom. The minimum atomic E-state index is -0.416. The number of hydrogen-bond donors (Lipinski definition) is 0. The number of hydroxylamine groups is 6. The molecule has 0 N–H and O–H groups in total. The van der Waals surface area contributed by atoms with Crippen molar-refractivity contribution in [2.45, 2.75) is 193 Å². The predicted molar refractivity (Wildman–Crippen MR) is 205 cm³/mol. The van der Waals surface area contributed by atoms with Crippen LogP contribution in [0.25, 0.3) is 0 Å². The third kappa shape index (κ3) is 8.89. The van der Waals surface area contributed by atoms with Gasteiger partial charge in [0.2, 0.25) is 0 Å². The number of quaternary nitrogens is 3. The van der Waals surface area contributed by atoms with E-state index >= 15 is 0 Å². The SMILES string of the molecule is CC1(C)CC([N+](C)(C)Cc2cc(C[N+](C)(C)C3CC(C)(C)N([O])C(C)(C)C3)cc(C[N+](C)(C)C3CC(C)(C)N([O])C(C)(C)C3)c2)CC(C)(C)N1[O]. The van der Waals surface area contributed by atoms with E-state index in [4.69, 9.17) is 0 Å². The van der Waals surface area contributed by atoms with Crippen LogP contribution in [0.15, 0.2) is 18.2 Å². The zero-order valence-electron chi connectivity index (χ0n) is 36.2. The van der Waals surface area contributed by atoms with Gasteiger partial charge < -0.3 is 13.4 Å². The molecule has 0 atom stereocenters. The molecule has 9 nitrogen and oxygen atoms in total. The summed E-state index contributed by atoms with van der Waals surface area (Å²) in [5, 5.41) is 43.9. The molecular weight excluding hydrogens is 637 g/mol. The maximum absolute atomic E-state index is 13.3. The quantitative estimate of drug-likeness (QED) is 0.249. The molecule has 0 saturated carbocycles. The van der Waals surface area contributed by atoms with Crippen LogP contribution in [-0.4, -0.2) is 122 Å². The topological polar surface area (TPSA) is 69.4 Å². The van der Waals surface area contributed by atoms with Crippen molar-refractivity contribution in [3.05, 3.63) is 34.9 Å². The average Bonchev–Trinajstić information content (AvgIpc) is 2.91. The molecule has 0 aromatic heterocycles. The Kier molecular flexibility index (Phi) is 11.1. The molecule has 3 radical (unpaired) electrons. The largest absolute Gasteiger partial charge is 0.322 e. The Morgan fingerprint density at radius 2 is 0.569 bits per heavy atom. The van der Waals surface area contributed by atoms with Gasteiger partial charge in [-0.2, -0.15) is 0 Å². The van der Waals surface area contributed by atoms with Crippen LogP contribution in [-0.2, 0) is 35.3 Å². The van der Waals surface area contributed by atoms with Crippen molar-refractivity contribution in [1.82, 2.24) is 15.2 Å². The summed E-state index contributed by atoms with van der Waals surface area (Å²) in [6.07, 6.45) is 5.17. The summed E-state index contributed by atoms with van der Waals surface area (Å²) in [7, 11) is 14.1. The van der Waals surface area contributed by atoms with Gasteiger partial charge in [-0.05, 0) is 101 Å². The van der Waals surface area contributed by atoms with Gasteiger partial charge in [0.25, 0.3) is 0 Å². The van der Waals surface area contributed by atoms with Crippen molar-refractivity contribution in [3.63, 3.8) is 0 Å². The molecule has 3 heterocycles. The summed E-state index contributed by atoms with van der Waals surface area (Å²) in [6, 6.07) is 8.41. The molecule has 0 unspecified atom stereocenters. The van der Waals surface area contributed by atoms with E-state index in [2.05, 4.69) is 144 Å². The van der Waals surface area contributed by atoms with Gasteiger partial charge in [0.1, 0.15) is 19.6 Å². The van der Waals surface area contributed by atoms with Crippen LogP contribution in [0.5, 0.6) is 0 Å². The molecule has 3 aliphatic heterocycles. The van der Waals surface area contributed by atoms with E-state index in [1.807, 2.05) is 0 Å². The van der Waals surface area contributed by atoms with Gasteiger partial charge in [-0.1, -0.05) is 0 Å². The van der Waals surface area contributed by atoms with E-state index in [1.54, 1.807) is 0 Å². The fourth-order valence-electron chi connectivity index (χ4n) is 11.0. The molecular formula is C42H78N6O3+3. The Bertz CT molecular complexity index is 1180. The zero-order chi connectivity index (χ0) is 39.2. The molecule has 0 spiro atoms. The number of rotatable bonds is 9. The highest BCUT2D eigenvalue weighted by Crippen LogP contribution is 2.44. The minimum Gasteiger partial charge on any atom is -0.322 e. The Morgan fingerprint density at radius 3 is 0.725 bits per heavy atom. The molecule has 1 aromatic rings. The van der Waals surface area contributed by atoms with Gasteiger partial charge in [0.15, 0.2) is 0 Å². The second kappa shape index (κ2) is 13.3. The lowest BCUT2D eigenvalue weighted by Gasteiger charge is -2.54. The standard InChI is InChI=1S/C42H78N6O3/c1-37(2)22-34(23-38(3,4)43(37)49)46(13,14)28-31-19-32(29-47(15,16)35-24-39(5,6)44(50)40(7,8)25-35)21-33(20-31)30-48(17,18)36-26-41(9,10)45(51)42(11,12)27-36/h19-21,34-36H,22-30H2,1-18H3/q+3. The smallest absolute Gasteiger partial charge is 0.104 e. The fourth-order valence-corrected chi connectivity index (χ4v) is 11.0. The molecule has 0 amide bonds. The Labute approximate surface area is 313 Å². The molecule has 0 aliphatic carbocycles. The molecule has 4 rings (SSSR count). The molecule has 51 heavy (non-hydrogen) atoms. The predicted octanol–water partition coefficient (Wildman–Crippen LogP) is 7.52. The van der Waals surface area contributed by atoms with Crippen LogP contribution in [0.3, 0.4) is 0 Å². The van der Waals surface area contributed by atoms with Crippen LogP contribution < -0.4 is 0 Å². The van der Waals surface area contributed by atoms with E-state index in [0.29, 0.717) is 18.1 Å². The molecule has 3 aliphatic rings. The van der Waals surface area contributed by atoms with Crippen LogP contribution in [0.4, 0.5) is 0 Å². The van der Waals surface area contributed by atoms with Crippen molar-refractivity contribution < 1.29 is 29.1 Å². The highest BCUT2D eigenvalue weighted by molar-refractivity contribution is 5.29. The molecule has 1 aromatic carbocycles. The first-order chi connectivity index (χ1) is 22.6. The number of nitrogens with zero attached hydrogens (tertiary/aromatic N) is 6. The fraction of sp³-hybridized carbons (Fsp3) is 0.857. The number of benzene rings is 1. The summed E-state index contributed by atoms with van der Waals surface area (Å²) in [5.41, 5.74) is 1.54. The van der Waals surface area contributed by atoms with E-state index in [1.165, 1.54) is 31.9 Å². The minimum absolute atomic E-state index is 0.357. The molecule has 9 heteroatoms. The van der Waals surface area contributed by atoms with Crippen molar-refractivity contribution in [2.24, 2.45) is 0 Å². The zero-order valence-corrected chi connectivity index (χ0v) is 36.2. The van der Waals surface area contributed by atoms with E-state index in [-0.39, 0.29) is 0 Å². The lowest BCUT2D eigenvalue weighted by atomic mass is 9.77. The maximum Gasteiger partial charge on any atom is 0.104 e. The van der Waals surface area contributed by atoms with Gasteiger partial charge in [-0.3, -0.25) is 0 Å². The average molecular weight is 715 g/mol. The summed E-state index contributed by atoms with van der Waals surface area (Å²) in [4.78, 5) is 0. The number of hydrogen-bond acceptors (Lipinski definition) is 3. The van der Waals surface area contributed by atoms with Gasteiger partial charge in [-0.15, -0.1) is 30.8 Å². The van der Waals surface area contributed by atoms with Crippen LogP contribution in [0, 0.1) is 0 Å². The van der Waals surface area contributed by atoms with Crippen molar-refractivity contribution in [3.8, 4) is 0 Å². The first-order valence-corrected chi connectivity index (χ1v) is 19.7.